The van der Waals surface area contributed by atoms with Crippen molar-refractivity contribution >= 4 is 37.3 Å². The second kappa shape index (κ2) is 7.02. The van der Waals surface area contributed by atoms with E-state index >= 15 is 0 Å². The Morgan fingerprint density at radius 2 is 2.10 bits per heavy atom. The first kappa shape index (κ1) is 16.6. The molecule has 0 amide bonds. The quantitative estimate of drug-likeness (QED) is 0.798. The summed E-state index contributed by atoms with van der Waals surface area (Å²) in [7, 11) is -3.55. The van der Waals surface area contributed by atoms with E-state index in [0.29, 0.717) is 17.6 Å². The van der Waals surface area contributed by atoms with Crippen molar-refractivity contribution in [1.82, 2.24) is 4.72 Å². The zero-order valence-electron chi connectivity index (χ0n) is 11.6. The SMILES string of the molecule is CCc1ccsc1CNS(=O)(=O)c1ccc(CN)cc1Br. The third-order valence-electron chi connectivity index (χ3n) is 3.16. The molecule has 0 fully saturated rings. The minimum absolute atomic E-state index is 0.231. The van der Waals surface area contributed by atoms with Gasteiger partial charge >= 0.3 is 0 Å². The third kappa shape index (κ3) is 3.92. The van der Waals surface area contributed by atoms with Gasteiger partial charge in [-0.25, -0.2) is 13.1 Å². The smallest absolute Gasteiger partial charge is 0.242 e. The molecule has 1 heterocycles. The molecule has 0 radical (unpaired) electrons. The molecule has 0 saturated carbocycles. The first-order valence-corrected chi connectivity index (χ1v) is 9.67. The van der Waals surface area contributed by atoms with Crippen LogP contribution >= 0.6 is 27.3 Å². The average Bonchev–Trinajstić information content (AvgIpc) is 2.92. The molecule has 0 aliphatic rings. The van der Waals surface area contributed by atoms with Crippen LogP contribution in [-0.2, 0) is 29.5 Å². The zero-order chi connectivity index (χ0) is 15.5. The molecule has 0 spiro atoms. The molecule has 0 unspecified atom stereocenters. The van der Waals surface area contributed by atoms with Gasteiger partial charge in [0.1, 0.15) is 0 Å². The summed E-state index contributed by atoms with van der Waals surface area (Å²) in [5.41, 5.74) is 7.61. The van der Waals surface area contributed by atoms with Crippen molar-refractivity contribution in [1.29, 1.82) is 0 Å². The van der Waals surface area contributed by atoms with Crippen LogP contribution < -0.4 is 10.5 Å². The second-order valence-corrected chi connectivity index (χ2v) is 8.11. The summed E-state index contributed by atoms with van der Waals surface area (Å²) in [6.45, 7) is 2.75. The van der Waals surface area contributed by atoms with Gasteiger partial charge in [0.25, 0.3) is 0 Å². The van der Waals surface area contributed by atoms with Gasteiger partial charge in [0.05, 0.1) is 4.90 Å². The molecule has 1 aromatic heterocycles. The van der Waals surface area contributed by atoms with Gasteiger partial charge in [-0.2, -0.15) is 0 Å². The summed E-state index contributed by atoms with van der Waals surface area (Å²) in [6, 6.07) is 7.06. The molecule has 2 rings (SSSR count). The molecule has 1 aromatic carbocycles. The zero-order valence-corrected chi connectivity index (χ0v) is 14.8. The number of hydrogen-bond acceptors (Lipinski definition) is 4. The van der Waals surface area contributed by atoms with E-state index in [2.05, 4.69) is 27.6 Å². The van der Waals surface area contributed by atoms with E-state index in [4.69, 9.17) is 5.73 Å². The van der Waals surface area contributed by atoms with Gasteiger partial charge in [0, 0.05) is 22.4 Å². The number of nitrogens with one attached hydrogen (secondary N) is 1. The fourth-order valence-corrected chi connectivity index (χ4v) is 5.09. The van der Waals surface area contributed by atoms with Gasteiger partial charge in [-0.05, 0) is 57.1 Å². The van der Waals surface area contributed by atoms with Crippen molar-refractivity contribution in [2.45, 2.75) is 31.3 Å². The van der Waals surface area contributed by atoms with Crippen molar-refractivity contribution in [3.05, 3.63) is 50.1 Å². The molecule has 3 N–H and O–H groups in total. The van der Waals surface area contributed by atoms with Crippen LogP contribution in [-0.4, -0.2) is 8.42 Å². The van der Waals surface area contributed by atoms with Crippen molar-refractivity contribution in [2.24, 2.45) is 5.73 Å². The molecule has 21 heavy (non-hydrogen) atoms. The number of hydrogen-bond donors (Lipinski definition) is 2. The molecule has 0 aliphatic carbocycles. The number of nitrogens with two attached hydrogens (primary N) is 1. The maximum absolute atomic E-state index is 12.4. The number of benzene rings is 1. The molecular weight excluding hydrogens is 372 g/mol. The lowest BCUT2D eigenvalue weighted by molar-refractivity contribution is 0.581. The maximum atomic E-state index is 12.4. The standard InChI is InChI=1S/C14H17BrN2O2S2/c1-2-11-5-6-20-13(11)9-17-21(18,19)14-4-3-10(8-16)7-12(14)15/h3-7,17H,2,8-9,16H2,1H3. The van der Waals surface area contributed by atoms with E-state index in [1.165, 1.54) is 5.56 Å². The highest BCUT2D eigenvalue weighted by Crippen LogP contribution is 2.24. The number of rotatable bonds is 6. The summed E-state index contributed by atoms with van der Waals surface area (Å²) >= 11 is 4.86. The molecule has 7 heteroatoms. The predicted octanol–water partition coefficient (Wildman–Crippen LogP) is 3.01. The summed E-state index contributed by atoms with van der Waals surface area (Å²) in [4.78, 5) is 1.28. The number of aryl methyl sites for hydroxylation is 1. The Bertz CT molecular complexity index is 726. The van der Waals surface area contributed by atoms with E-state index < -0.39 is 10.0 Å². The molecule has 0 saturated heterocycles. The lowest BCUT2D eigenvalue weighted by atomic mass is 10.2. The lowest BCUT2D eigenvalue weighted by Gasteiger charge is -2.09. The van der Waals surface area contributed by atoms with E-state index in [1.807, 2.05) is 11.4 Å². The third-order valence-corrected chi connectivity index (χ3v) is 6.50. The van der Waals surface area contributed by atoms with Crippen LogP contribution in [0.1, 0.15) is 22.9 Å². The van der Waals surface area contributed by atoms with E-state index in [-0.39, 0.29) is 4.90 Å². The Morgan fingerprint density at radius 1 is 1.33 bits per heavy atom. The minimum Gasteiger partial charge on any atom is -0.326 e. The van der Waals surface area contributed by atoms with E-state index in [0.717, 1.165) is 16.9 Å². The highest BCUT2D eigenvalue weighted by molar-refractivity contribution is 9.10. The largest absolute Gasteiger partial charge is 0.326 e. The molecule has 0 bridgehead atoms. The van der Waals surface area contributed by atoms with Gasteiger partial charge in [-0.15, -0.1) is 11.3 Å². The van der Waals surface area contributed by atoms with Gasteiger partial charge in [-0.3, -0.25) is 0 Å². The van der Waals surface area contributed by atoms with Crippen LogP contribution in [0.3, 0.4) is 0 Å². The topological polar surface area (TPSA) is 72.2 Å². The maximum Gasteiger partial charge on any atom is 0.242 e. The van der Waals surface area contributed by atoms with E-state index in [1.54, 1.807) is 29.5 Å². The van der Waals surface area contributed by atoms with Crippen LogP contribution in [0.2, 0.25) is 0 Å². The molecule has 4 nitrogen and oxygen atoms in total. The van der Waals surface area contributed by atoms with Gasteiger partial charge in [0.2, 0.25) is 10.0 Å². The Labute approximate surface area is 137 Å². The van der Waals surface area contributed by atoms with Crippen molar-refractivity contribution in [2.75, 3.05) is 0 Å². The Hall–Kier alpha value is -0.730. The summed E-state index contributed by atoms with van der Waals surface area (Å²) in [6.07, 6.45) is 0.898. The minimum atomic E-state index is -3.55. The predicted molar refractivity (Wildman–Crippen MR) is 89.8 cm³/mol. The fraction of sp³-hybridized carbons (Fsp3) is 0.286. The Morgan fingerprint density at radius 3 is 2.71 bits per heavy atom. The van der Waals surface area contributed by atoms with Crippen LogP contribution in [0.5, 0.6) is 0 Å². The van der Waals surface area contributed by atoms with Crippen LogP contribution in [0.25, 0.3) is 0 Å². The van der Waals surface area contributed by atoms with E-state index in [9.17, 15) is 8.42 Å². The van der Waals surface area contributed by atoms with Crippen molar-refractivity contribution in [3.8, 4) is 0 Å². The molecule has 2 aromatic rings. The van der Waals surface area contributed by atoms with Crippen LogP contribution in [0.4, 0.5) is 0 Å². The summed E-state index contributed by atoms with van der Waals surface area (Å²) < 4.78 is 27.9. The first-order chi connectivity index (χ1) is 9.97. The van der Waals surface area contributed by atoms with Crippen LogP contribution in [0.15, 0.2) is 39.0 Å². The summed E-state index contributed by atoms with van der Waals surface area (Å²) in [5.74, 6) is 0. The van der Waals surface area contributed by atoms with Gasteiger partial charge in [-0.1, -0.05) is 13.0 Å². The van der Waals surface area contributed by atoms with Gasteiger partial charge in [0.15, 0.2) is 0 Å². The normalized spacial score (nSPS) is 11.8. The molecule has 0 atom stereocenters. The monoisotopic (exact) mass is 388 g/mol. The molecule has 0 aliphatic heterocycles. The summed E-state index contributed by atoms with van der Waals surface area (Å²) in [5, 5.41) is 1.98. The lowest BCUT2D eigenvalue weighted by Crippen LogP contribution is -2.23. The molecule has 114 valence electrons. The van der Waals surface area contributed by atoms with Crippen molar-refractivity contribution in [3.63, 3.8) is 0 Å². The Balaban J connectivity index is 2.19. The number of thiophene rings is 1. The Kier molecular flexibility index (Phi) is 5.56. The number of halogens is 1. The van der Waals surface area contributed by atoms with Crippen molar-refractivity contribution < 1.29 is 8.42 Å². The molecular formula is C14H17BrN2O2S2. The highest BCUT2D eigenvalue weighted by atomic mass is 79.9. The number of sulfonamides is 1. The highest BCUT2D eigenvalue weighted by Gasteiger charge is 2.18. The fourth-order valence-electron chi connectivity index (χ4n) is 1.96. The van der Waals surface area contributed by atoms with Crippen LogP contribution in [0, 0.1) is 0 Å². The first-order valence-electron chi connectivity index (χ1n) is 6.51. The average molecular weight is 389 g/mol. The van der Waals surface area contributed by atoms with Gasteiger partial charge < -0.3 is 5.73 Å². The second-order valence-electron chi connectivity index (χ2n) is 4.52.